The lowest BCUT2D eigenvalue weighted by molar-refractivity contribution is -0.393. The summed E-state index contributed by atoms with van der Waals surface area (Å²) in [5.41, 5.74) is 11.0. The Kier molecular flexibility index (Phi) is 20.1. The second-order valence-corrected chi connectivity index (χ2v) is 18.4. The van der Waals surface area contributed by atoms with Gasteiger partial charge in [-0.3, -0.25) is 54.0 Å². The molecule has 25 nitrogen and oxygen atoms in total. The number of rotatable bonds is 26. The molecule has 7 unspecified atom stereocenters. The number of non-ortho nitro benzene ring substituents is 1. The zero-order chi connectivity index (χ0) is 52.7. The number of aromatic amines is 1. The number of fused-ring (bicyclic) bond motifs is 1. The number of aliphatic imine (C=N–C) groups is 1. The van der Waals surface area contributed by atoms with Gasteiger partial charge in [0.15, 0.2) is 5.96 Å². The van der Waals surface area contributed by atoms with E-state index in [0.717, 1.165) is 23.0 Å². The number of nitrogens with zero attached hydrogens (tertiary/aromatic N) is 4. The molecule has 1 aliphatic heterocycles. The molecular weight excluding hydrogens is 927 g/mol. The zero-order valence-electron chi connectivity index (χ0n) is 40.6. The van der Waals surface area contributed by atoms with Gasteiger partial charge in [-0.1, -0.05) is 45.9 Å². The molecule has 25 heteroatoms. The van der Waals surface area contributed by atoms with Crippen molar-refractivity contribution in [1.82, 2.24) is 36.9 Å². The lowest BCUT2D eigenvalue weighted by atomic mass is 10.00. The number of nitrogens with one attached hydrogen (secondary N) is 7. The minimum Gasteiger partial charge on any atom is -0.480 e. The number of guanidine groups is 1. The van der Waals surface area contributed by atoms with E-state index in [1.54, 1.807) is 12.3 Å². The Labute approximate surface area is 409 Å². The first-order valence-corrected chi connectivity index (χ1v) is 23.3. The number of hydrogen-bond donors (Lipinski definition) is 10. The van der Waals surface area contributed by atoms with Gasteiger partial charge in [0.25, 0.3) is 11.4 Å². The Hall–Kier alpha value is -7.86. The number of carboxylic acid groups (broad SMARTS) is 1. The fourth-order valence-electron chi connectivity index (χ4n) is 8.13. The molecule has 0 aliphatic carbocycles. The number of carboxylic acids is 1. The second-order valence-electron chi connectivity index (χ2n) is 18.4. The summed E-state index contributed by atoms with van der Waals surface area (Å²) in [6.07, 6.45) is 2.78. The van der Waals surface area contributed by atoms with Gasteiger partial charge in [-0.15, -0.1) is 0 Å². The predicted molar refractivity (Wildman–Crippen MR) is 262 cm³/mol. The van der Waals surface area contributed by atoms with Crippen LogP contribution in [-0.2, 0) is 40.0 Å². The van der Waals surface area contributed by atoms with Crippen LogP contribution in [-0.4, -0.2) is 123 Å². The molecule has 3 aromatic rings. The molecule has 0 saturated carbocycles. The summed E-state index contributed by atoms with van der Waals surface area (Å²) in [4.78, 5) is 125. The van der Waals surface area contributed by atoms with E-state index in [0.29, 0.717) is 12.0 Å². The maximum Gasteiger partial charge on any atom is 0.326 e. The van der Waals surface area contributed by atoms with E-state index in [9.17, 15) is 58.9 Å². The van der Waals surface area contributed by atoms with Gasteiger partial charge >= 0.3 is 5.97 Å². The summed E-state index contributed by atoms with van der Waals surface area (Å²) in [6, 6.07) is 1.89. The lowest BCUT2D eigenvalue weighted by Crippen LogP contribution is -2.59. The maximum absolute atomic E-state index is 14.2. The van der Waals surface area contributed by atoms with Crippen molar-refractivity contribution in [3.8, 4) is 0 Å². The molecule has 4 rings (SSSR count). The number of nitrogens with two attached hydrogens (primary N) is 2. The van der Waals surface area contributed by atoms with E-state index in [2.05, 4.69) is 41.9 Å². The molecule has 0 radical (unpaired) electrons. The molecule has 0 bridgehead atoms. The SMILES string of the molecule is CC(C)CC(NC(=O)C(C)NC(=O)C(CC(C)C)NC(=O)C1CCCN1c1ccc([N+](=O)[O-])cc1[N+](=O)[O-])C(=O)NC(Cc1c[nH]c2ccccc12)C(=O)NC(C)C(=O)NC(CCCN=C(N)N)C(=O)O. The summed E-state index contributed by atoms with van der Waals surface area (Å²) in [5.74, 6) is -6.25. The van der Waals surface area contributed by atoms with Gasteiger partial charge in [0.2, 0.25) is 35.4 Å². The third kappa shape index (κ3) is 16.1. The first kappa shape index (κ1) is 55.7. The van der Waals surface area contributed by atoms with E-state index in [-0.39, 0.29) is 75.1 Å². The van der Waals surface area contributed by atoms with Gasteiger partial charge in [-0.25, -0.2) is 4.79 Å². The highest BCUT2D eigenvalue weighted by molar-refractivity contribution is 5.98. The Morgan fingerprint density at radius 1 is 0.761 bits per heavy atom. The molecule has 6 amide bonds. The van der Waals surface area contributed by atoms with E-state index in [4.69, 9.17) is 11.5 Å². The molecule has 0 spiro atoms. The number of hydrogen-bond acceptors (Lipinski definition) is 13. The highest BCUT2D eigenvalue weighted by Gasteiger charge is 2.38. The lowest BCUT2D eigenvalue weighted by Gasteiger charge is -2.29. The monoisotopic (exact) mass is 991 g/mol. The van der Waals surface area contributed by atoms with Crippen LogP contribution in [0.1, 0.15) is 85.6 Å². The van der Waals surface area contributed by atoms with E-state index >= 15 is 0 Å². The largest absolute Gasteiger partial charge is 0.480 e. The molecule has 1 saturated heterocycles. The molecule has 386 valence electrons. The van der Waals surface area contributed by atoms with Crippen LogP contribution in [0.15, 0.2) is 53.7 Å². The maximum atomic E-state index is 14.2. The highest BCUT2D eigenvalue weighted by atomic mass is 16.6. The van der Waals surface area contributed by atoms with E-state index in [1.165, 1.54) is 24.8 Å². The zero-order valence-corrected chi connectivity index (χ0v) is 40.6. The Morgan fingerprint density at radius 2 is 1.32 bits per heavy atom. The number of carbonyl (C=O) groups is 7. The first-order valence-electron chi connectivity index (χ1n) is 23.3. The summed E-state index contributed by atoms with van der Waals surface area (Å²) in [7, 11) is 0. The Bertz CT molecular complexity index is 2470. The van der Waals surface area contributed by atoms with Crippen molar-refractivity contribution >= 4 is 75.3 Å². The average Bonchev–Trinajstić information content (AvgIpc) is 3.96. The van der Waals surface area contributed by atoms with Gasteiger partial charge in [0.1, 0.15) is 48.0 Å². The van der Waals surface area contributed by atoms with Crippen molar-refractivity contribution in [2.75, 3.05) is 18.0 Å². The summed E-state index contributed by atoms with van der Waals surface area (Å²) in [6.45, 7) is 10.3. The van der Waals surface area contributed by atoms with Crippen LogP contribution in [0.25, 0.3) is 10.9 Å². The van der Waals surface area contributed by atoms with Crippen molar-refractivity contribution in [3.05, 3.63) is 74.5 Å². The molecule has 71 heavy (non-hydrogen) atoms. The number of nitro benzene ring substituents is 2. The Morgan fingerprint density at radius 3 is 1.90 bits per heavy atom. The van der Waals surface area contributed by atoms with Crippen LogP contribution in [0.2, 0.25) is 0 Å². The van der Waals surface area contributed by atoms with Crippen LogP contribution >= 0.6 is 0 Å². The normalized spacial score (nSPS) is 15.9. The number of para-hydroxylation sites is 1. The van der Waals surface area contributed by atoms with Crippen LogP contribution in [0.3, 0.4) is 0 Å². The topological polar surface area (TPSA) is 382 Å². The minimum atomic E-state index is -1.32. The fourth-order valence-corrected chi connectivity index (χ4v) is 8.13. The number of benzene rings is 2. The standard InChI is InChI=1S/C46H65N13O12/c1-24(2)19-33(56-44(65)37-14-10-18-57(37)36-16-15-29(58(68)69)22-38(36)59(70)71)41(62)51-27(6)40(61)54-34(20-25(3)4)43(64)55-35(21-28-23-50-31-12-8-7-11-30(28)31)42(63)52-26(5)39(60)53-32(45(66)67)13-9-17-49-46(47)48/h7-8,11-12,15-16,22-27,32-35,37,50H,9-10,13-14,17-21H2,1-6H3,(H,51,62)(H,52,63)(H,53,60)(H,54,61)(H,55,64)(H,56,65)(H,66,67)(H4,47,48,49). The summed E-state index contributed by atoms with van der Waals surface area (Å²) in [5, 5.41) is 49.5. The highest BCUT2D eigenvalue weighted by Crippen LogP contribution is 2.36. The van der Waals surface area contributed by atoms with Crippen LogP contribution in [0.4, 0.5) is 17.1 Å². The van der Waals surface area contributed by atoms with Crippen LogP contribution in [0, 0.1) is 32.1 Å². The van der Waals surface area contributed by atoms with Crippen LogP contribution in [0.5, 0.6) is 0 Å². The second kappa shape index (κ2) is 25.7. The number of H-pyrrole nitrogens is 1. The van der Waals surface area contributed by atoms with Gasteiger partial charge in [0, 0.05) is 42.7 Å². The van der Waals surface area contributed by atoms with E-state index in [1.807, 2.05) is 45.9 Å². The van der Waals surface area contributed by atoms with Crippen molar-refractivity contribution in [1.29, 1.82) is 0 Å². The third-order valence-corrected chi connectivity index (χ3v) is 11.7. The van der Waals surface area contributed by atoms with Crippen molar-refractivity contribution < 1.29 is 48.5 Å². The fraction of sp³-hybridized carbons (Fsp3) is 0.522. The molecular formula is C46H65N13O12. The number of nitro groups is 2. The quantitative estimate of drug-likeness (QED) is 0.0179. The molecule has 1 aromatic heterocycles. The molecule has 2 heterocycles. The van der Waals surface area contributed by atoms with Gasteiger partial charge in [-0.2, -0.15) is 0 Å². The number of anilines is 1. The summed E-state index contributed by atoms with van der Waals surface area (Å²) >= 11 is 0. The van der Waals surface area contributed by atoms with Crippen molar-refractivity contribution in [2.45, 2.75) is 129 Å². The van der Waals surface area contributed by atoms with Crippen molar-refractivity contribution in [2.24, 2.45) is 28.3 Å². The molecule has 1 aliphatic rings. The summed E-state index contributed by atoms with van der Waals surface area (Å²) < 4.78 is 0. The number of amides is 6. The predicted octanol–water partition coefficient (Wildman–Crippen LogP) is 1.37. The van der Waals surface area contributed by atoms with E-state index < -0.39 is 105 Å². The number of aromatic nitrogens is 1. The van der Waals surface area contributed by atoms with Crippen molar-refractivity contribution in [3.63, 3.8) is 0 Å². The van der Waals surface area contributed by atoms with Gasteiger partial charge < -0.3 is 58.4 Å². The van der Waals surface area contributed by atoms with Gasteiger partial charge in [-0.05, 0) is 81.9 Å². The molecule has 12 N–H and O–H groups in total. The Balaban J connectivity index is 1.48. The molecule has 7 atom stereocenters. The average molecular weight is 992 g/mol. The molecule has 2 aromatic carbocycles. The number of aliphatic carboxylic acids is 1. The smallest absolute Gasteiger partial charge is 0.326 e. The molecule has 1 fully saturated rings. The third-order valence-electron chi connectivity index (χ3n) is 11.7. The van der Waals surface area contributed by atoms with Crippen LogP contribution < -0.4 is 48.3 Å². The van der Waals surface area contributed by atoms with Gasteiger partial charge in [0.05, 0.1) is 15.9 Å². The minimum absolute atomic E-state index is 0.00969. The first-order chi connectivity index (χ1) is 33.5. The number of carbonyl (C=O) groups excluding carboxylic acids is 6.